The van der Waals surface area contributed by atoms with E-state index in [-0.39, 0.29) is 17.0 Å². The molecular weight excluding hydrogens is 229 g/mol. The Morgan fingerprint density at radius 2 is 1.69 bits per heavy atom. The van der Waals surface area contributed by atoms with Crippen molar-refractivity contribution in [3.8, 4) is 0 Å². The molecule has 0 saturated carbocycles. The average molecular weight is 243 g/mol. The zero-order valence-corrected chi connectivity index (χ0v) is 10.0. The lowest BCUT2D eigenvalue weighted by Gasteiger charge is -2.43. The van der Waals surface area contributed by atoms with Gasteiger partial charge in [-0.3, -0.25) is 0 Å². The molecule has 0 spiro atoms. The van der Waals surface area contributed by atoms with Gasteiger partial charge in [-0.05, 0) is 44.5 Å². The summed E-state index contributed by atoms with van der Waals surface area (Å²) in [4.78, 5) is 0.160. The highest BCUT2D eigenvalue weighted by Crippen LogP contribution is 2.32. The lowest BCUT2D eigenvalue weighted by Crippen LogP contribution is -2.55. The standard InChI is InChI=1S/C11H14FNO2S/c1-8-7-9(2)13(8)16(14,15)11-5-3-10(12)4-6-11/h3-6,8-9H,7H2,1-2H3. The molecule has 2 unspecified atom stereocenters. The molecule has 1 heterocycles. The summed E-state index contributed by atoms with van der Waals surface area (Å²) in [5, 5.41) is 0. The molecule has 5 heteroatoms. The van der Waals surface area contributed by atoms with Gasteiger partial charge >= 0.3 is 0 Å². The third kappa shape index (κ3) is 1.74. The first-order valence-electron chi connectivity index (χ1n) is 5.22. The Morgan fingerprint density at radius 3 is 2.12 bits per heavy atom. The third-order valence-corrected chi connectivity index (χ3v) is 5.08. The van der Waals surface area contributed by atoms with Crippen LogP contribution >= 0.6 is 0 Å². The van der Waals surface area contributed by atoms with Crippen LogP contribution in [0.2, 0.25) is 0 Å². The molecular formula is C11H14FNO2S. The quantitative estimate of drug-likeness (QED) is 0.796. The van der Waals surface area contributed by atoms with Gasteiger partial charge in [0.2, 0.25) is 10.0 Å². The predicted molar refractivity (Wildman–Crippen MR) is 59.0 cm³/mol. The van der Waals surface area contributed by atoms with Crippen LogP contribution in [0.3, 0.4) is 0 Å². The zero-order chi connectivity index (χ0) is 11.9. The molecule has 88 valence electrons. The normalized spacial score (nSPS) is 26.4. The number of nitrogens with zero attached hydrogens (tertiary/aromatic N) is 1. The van der Waals surface area contributed by atoms with Crippen molar-refractivity contribution in [2.24, 2.45) is 0 Å². The van der Waals surface area contributed by atoms with Gasteiger partial charge in [0.15, 0.2) is 0 Å². The maximum absolute atomic E-state index is 12.7. The van der Waals surface area contributed by atoms with Crippen LogP contribution in [-0.2, 0) is 10.0 Å². The number of benzene rings is 1. The number of rotatable bonds is 2. The molecule has 0 radical (unpaired) electrons. The summed E-state index contributed by atoms with van der Waals surface area (Å²) >= 11 is 0. The van der Waals surface area contributed by atoms with Crippen molar-refractivity contribution >= 4 is 10.0 Å². The Kier molecular flexibility index (Phi) is 2.75. The van der Waals surface area contributed by atoms with Crippen molar-refractivity contribution in [1.82, 2.24) is 4.31 Å². The maximum Gasteiger partial charge on any atom is 0.243 e. The van der Waals surface area contributed by atoms with Crippen molar-refractivity contribution in [2.45, 2.75) is 37.2 Å². The minimum atomic E-state index is -3.45. The van der Waals surface area contributed by atoms with Crippen LogP contribution < -0.4 is 0 Å². The van der Waals surface area contributed by atoms with E-state index in [9.17, 15) is 12.8 Å². The second-order valence-electron chi connectivity index (χ2n) is 4.22. The molecule has 1 aromatic carbocycles. The molecule has 0 amide bonds. The van der Waals surface area contributed by atoms with E-state index in [1.165, 1.54) is 28.6 Å². The van der Waals surface area contributed by atoms with E-state index in [0.29, 0.717) is 0 Å². The van der Waals surface area contributed by atoms with Crippen LogP contribution in [-0.4, -0.2) is 24.8 Å². The van der Waals surface area contributed by atoms with E-state index >= 15 is 0 Å². The largest absolute Gasteiger partial charge is 0.243 e. The van der Waals surface area contributed by atoms with E-state index in [1.807, 2.05) is 13.8 Å². The third-order valence-electron chi connectivity index (χ3n) is 2.94. The first-order chi connectivity index (χ1) is 7.43. The highest BCUT2D eigenvalue weighted by atomic mass is 32.2. The Morgan fingerprint density at radius 1 is 1.19 bits per heavy atom. The van der Waals surface area contributed by atoms with E-state index < -0.39 is 15.8 Å². The van der Waals surface area contributed by atoms with Crippen LogP contribution in [0.1, 0.15) is 20.3 Å². The molecule has 0 aliphatic carbocycles. The highest BCUT2D eigenvalue weighted by Gasteiger charge is 2.41. The number of halogens is 1. The smallest absolute Gasteiger partial charge is 0.207 e. The molecule has 1 fully saturated rings. The fraction of sp³-hybridized carbons (Fsp3) is 0.455. The van der Waals surface area contributed by atoms with E-state index in [2.05, 4.69) is 0 Å². The fourth-order valence-electron chi connectivity index (χ4n) is 2.20. The van der Waals surface area contributed by atoms with Gasteiger partial charge in [-0.15, -0.1) is 0 Å². The topological polar surface area (TPSA) is 37.4 Å². The molecule has 0 N–H and O–H groups in total. The summed E-state index contributed by atoms with van der Waals surface area (Å²) in [7, 11) is -3.45. The van der Waals surface area contributed by atoms with Crippen LogP contribution in [0.25, 0.3) is 0 Å². The summed E-state index contributed by atoms with van der Waals surface area (Å²) in [6.45, 7) is 3.75. The summed E-state index contributed by atoms with van der Waals surface area (Å²) in [5.74, 6) is -0.427. The van der Waals surface area contributed by atoms with Gasteiger partial charge in [-0.25, -0.2) is 12.8 Å². The lowest BCUT2D eigenvalue weighted by molar-refractivity contribution is 0.139. The molecule has 1 aromatic rings. The number of hydrogen-bond acceptors (Lipinski definition) is 2. The first kappa shape index (κ1) is 11.5. The summed E-state index contributed by atoms with van der Waals surface area (Å²) < 4.78 is 38.5. The van der Waals surface area contributed by atoms with E-state index in [1.54, 1.807) is 0 Å². The summed E-state index contributed by atoms with van der Waals surface area (Å²) in [6, 6.07) is 5.02. The molecule has 0 bridgehead atoms. The number of sulfonamides is 1. The molecule has 0 aromatic heterocycles. The Bertz CT molecular complexity index is 475. The van der Waals surface area contributed by atoms with Crippen LogP contribution in [0, 0.1) is 5.82 Å². The van der Waals surface area contributed by atoms with E-state index in [0.717, 1.165) is 6.42 Å². The van der Waals surface area contributed by atoms with Gasteiger partial charge in [0, 0.05) is 12.1 Å². The van der Waals surface area contributed by atoms with Gasteiger partial charge in [0.05, 0.1) is 4.90 Å². The molecule has 16 heavy (non-hydrogen) atoms. The molecule has 2 atom stereocenters. The second-order valence-corrected chi connectivity index (χ2v) is 6.07. The number of hydrogen-bond donors (Lipinski definition) is 0. The second kappa shape index (κ2) is 3.82. The zero-order valence-electron chi connectivity index (χ0n) is 9.22. The highest BCUT2D eigenvalue weighted by molar-refractivity contribution is 7.89. The molecule has 1 saturated heterocycles. The SMILES string of the molecule is CC1CC(C)N1S(=O)(=O)c1ccc(F)cc1. The Hall–Kier alpha value is -0.940. The van der Waals surface area contributed by atoms with E-state index in [4.69, 9.17) is 0 Å². The molecule has 1 aliphatic heterocycles. The molecule has 2 rings (SSSR count). The van der Waals surface area contributed by atoms with Crippen LogP contribution in [0.4, 0.5) is 4.39 Å². The minimum Gasteiger partial charge on any atom is -0.207 e. The lowest BCUT2D eigenvalue weighted by atomic mass is 10.0. The van der Waals surface area contributed by atoms with Gasteiger partial charge in [-0.2, -0.15) is 4.31 Å². The Labute approximate surface area is 94.9 Å². The van der Waals surface area contributed by atoms with Crippen LogP contribution in [0.15, 0.2) is 29.2 Å². The minimum absolute atomic E-state index is 0.0325. The summed E-state index contributed by atoms with van der Waals surface area (Å²) in [6.07, 6.45) is 0.875. The van der Waals surface area contributed by atoms with Crippen molar-refractivity contribution in [3.05, 3.63) is 30.1 Å². The fourth-order valence-corrected chi connectivity index (χ4v) is 4.04. The first-order valence-corrected chi connectivity index (χ1v) is 6.66. The van der Waals surface area contributed by atoms with Gasteiger partial charge in [-0.1, -0.05) is 0 Å². The monoisotopic (exact) mass is 243 g/mol. The maximum atomic E-state index is 12.7. The molecule has 1 aliphatic rings. The van der Waals surface area contributed by atoms with Gasteiger partial charge in [0.25, 0.3) is 0 Å². The van der Waals surface area contributed by atoms with Crippen molar-refractivity contribution in [1.29, 1.82) is 0 Å². The van der Waals surface area contributed by atoms with Crippen molar-refractivity contribution in [3.63, 3.8) is 0 Å². The van der Waals surface area contributed by atoms with Gasteiger partial charge in [0.1, 0.15) is 5.82 Å². The summed E-state index contributed by atoms with van der Waals surface area (Å²) in [5.41, 5.74) is 0. The molecule has 3 nitrogen and oxygen atoms in total. The average Bonchev–Trinajstić information content (AvgIpc) is 2.16. The van der Waals surface area contributed by atoms with Crippen LogP contribution in [0.5, 0.6) is 0 Å². The van der Waals surface area contributed by atoms with Gasteiger partial charge < -0.3 is 0 Å². The Balaban J connectivity index is 2.36. The predicted octanol–water partition coefficient (Wildman–Crippen LogP) is 2.00. The van der Waals surface area contributed by atoms with Crippen molar-refractivity contribution < 1.29 is 12.8 Å². The van der Waals surface area contributed by atoms with Crippen molar-refractivity contribution in [2.75, 3.05) is 0 Å².